The van der Waals surface area contributed by atoms with Crippen LogP contribution in [0.1, 0.15) is 60.5 Å². The Labute approximate surface area is 209 Å². The molecule has 1 fully saturated rings. The van der Waals surface area contributed by atoms with Crippen molar-refractivity contribution in [2.45, 2.75) is 46.0 Å². The van der Waals surface area contributed by atoms with Crippen molar-refractivity contribution in [1.29, 1.82) is 0 Å². The number of amides is 3. The Kier molecular flexibility index (Phi) is 7.48. The quantitative estimate of drug-likeness (QED) is 0.310. The number of benzene rings is 2. The Morgan fingerprint density at radius 3 is 2.41 bits per heavy atom. The lowest BCUT2D eigenvalue weighted by molar-refractivity contribution is -0.124. The minimum atomic E-state index is -0.488. The van der Waals surface area contributed by atoms with Gasteiger partial charge in [0.25, 0.3) is 17.7 Å². The zero-order chi connectivity index (χ0) is 24.2. The number of hydrogen-bond acceptors (Lipinski definition) is 5. The van der Waals surface area contributed by atoms with Crippen LogP contribution < -0.4 is 10.3 Å². The average Bonchev–Trinajstić information content (AvgIpc) is 3.26. The number of nitrogens with zero attached hydrogens (tertiary/aromatic N) is 2. The number of para-hydroxylation sites is 1. The molecule has 0 unspecified atom stereocenters. The average molecular weight is 494 g/mol. The van der Waals surface area contributed by atoms with Gasteiger partial charge in [-0.25, -0.2) is 0 Å². The summed E-state index contributed by atoms with van der Waals surface area (Å²) in [6.45, 7) is 4.71. The molecule has 3 amide bonds. The summed E-state index contributed by atoms with van der Waals surface area (Å²) in [5, 5.41) is 1.06. The number of fused-ring (bicyclic) bond motifs is 1. The third-order valence-corrected chi connectivity index (χ3v) is 7.30. The first kappa shape index (κ1) is 24.2. The molecule has 4 rings (SSSR count). The molecule has 0 aromatic heterocycles. The lowest BCUT2D eigenvalue weighted by atomic mass is 10.1. The van der Waals surface area contributed by atoms with Crippen molar-refractivity contribution in [1.82, 2.24) is 10.4 Å². The third kappa shape index (κ3) is 4.79. The second kappa shape index (κ2) is 10.5. The van der Waals surface area contributed by atoms with Crippen LogP contribution in [0.25, 0.3) is 5.57 Å². The Hall–Kier alpha value is -2.97. The molecule has 2 aliphatic heterocycles. The number of anilines is 1. The highest BCUT2D eigenvalue weighted by atomic mass is 32.2. The van der Waals surface area contributed by atoms with Gasteiger partial charge in [-0.15, -0.1) is 0 Å². The van der Waals surface area contributed by atoms with Crippen LogP contribution in [0.4, 0.5) is 5.69 Å². The first-order chi connectivity index (χ1) is 16.4. The topological polar surface area (TPSA) is 69.7 Å². The maximum atomic E-state index is 13.5. The molecule has 0 spiro atoms. The van der Waals surface area contributed by atoms with Crippen molar-refractivity contribution in [2.24, 2.45) is 0 Å². The fourth-order valence-corrected chi connectivity index (χ4v) is 5.33. The van der Waals surface area contributed by atoms with Gasteiger partial charge in [0.05, 0.1) is 16.2 Å². The summed E-state index contributed by atoms with van der Waals surface area (Å²) in [6.07, 6.45) is 5.46. The number of aryl methyl sites for hydroxylation is 1. The maximum Gasteiger partial charge on any atom is 0.286 e. The lowest BCUT2D eigenvalue weighted by Gasteiger charge is -2.17. The minimum absolute atomic E-state index is 0.191. The Morgan fingerprint density at radius 2 is 1.68 bits per heavy atom. The number of nitrogens with one attached hydrogen (secondary N) is 1. The second-order valence-electron chi connectivity index (χ2n) is 8.41. The molecule has 0 atom stereocenters. The first-order valence-electron chi connectivity index (χ1n) is 11.5. The second-order valence-corrected chi connectivity index (χ2v) is 10.1. The van der Waals surface area contributed by atoms with Crippen molar-refractivity contribution >= 4 is 57.3 Å². The molecule has 1 N–H and O–H groups in total. The van der Waals surface area contributed by atoms with Crippen molar-refractivity contribution in [2.75, 3.05) is 11.4 Å². The van der Waals surface area contributed by atoms with E-state index in [2.05, 4.69) is 12.3 Å². The molecule has 6 nitrogen and oxygen atoms in total. The number of carbonyl (C=O) groups excluding carboxylic acids is 3. The van der Waals surface area contributed by atoms with E-state index in [0.29, 0.717) is 17.7 Å². The van der Waals surface area contributed by atoms with E-state index in [1.807, 2.05) is 43.3 Å². The smallest absolute Gasteiger partial charge is 0.286 e. The van der Waals surface area contributed by atoms with E-state index >= 15 is 0 Å². The van der Waals surface area contributed by atoms with Crippen molar-refractivity contribution < 1.29 is 14.4 Å². The molecule has 1 saturated heterocycles. The number of rotatable bonds is 8. The van der Waals surface area contributed by atoms with Crippen LogP contribution in [0.5, 0.6) is 0 Å². The molecule has 2 aromatic rings. The fraction of sp³-hybridized carbons (Fsp3) is 0.308. The summed E-state index contributed by atoms with van der Waals surface area (Å²) in [6, 6.07) is 14.6. The molecule has 8 heteroatoms. The van der Waals surface area contributed by atoms with Crippen molar-refractivity contribution in [3.63, 3.8) is 0 Å². The van der Waals surface area contributed by atoms with Crippen LogP contribution in [0, 0.1) is 6.92 Å². The highest BCUT2D eigenvalue weighted by molar-refractivity contribution is 8.26. The summed E-state index contributed by atoms with van der Waals surface area (Å²) in [7, 11) is 0. The number of carbonyl (C=O) groups is 3. The number of thiocarbonyl (C=S) groups is 1. The van der Waals surface area contributed by atoms with Gasteiger partial charge in [-0.2, -0.15) is 5.01 Å². The van der Waals surface area contributed by atoms with E-state index in [4.69, 9.17) is 12.2 Å². The van der Waals surface area contributed by atoms with Gasteiger partial charge in [-0.3, -0.25) is 19.8 Å². The molecule has 2 aromatic carbocycles. The maximum absolute atomic E-state index is 13.5. The monoisotopic (exact) mass is 493 g/mol. The van der Waals surface area contributed by atoms with Gasteiger partial charge in [-0.05, 0) is 43.8 Å². The highest BCUT2D eigenvalue weighted by Gasteiger charge is 2.42. The summed E-state index contributed by atoms with van der Waals surface area (Å²) in [5.41, 5.74) is 5.94. The molecule has 0 saturated carbocycles. The van der Waals surface area contributed by atoms with Crippen LogP contribution >= 0.6 is 24.0 Å². The Balaban J connectivity index is 1.57. The molecule has 0 radical (unpaired) electrons. The number of hydrazine groups is 1. The molecular weight excluding hydrogens is 466 g/mol. The van der Waals surface area contributed by atoms with Gasteiger partial charge in [0, 0.05) is 17.7 Å². The number of hydrogen-bond donors (Lipinski definition) is 1. The van der Waals surface area contributed by atoms with E-state index in [-0.39, 0.29) is 15.1 Å². The fourth-order valence-electron chi connectivity index (χ4n) is 4.08. The largest absolute Gasteiger partial charge is 0.308 e. The van der Waals surface area contributed by atoms with E-state index in [1.165, 1.54) is 6.42 Å². The highest BCUT2D eigenvalue weighted by Crippen LogP contribution is 2.44. The minimum Gasteiger partial charge on any atom is -0.308 e. The van der Waals surface area contributed by atoms with Crippen LogP contribution in [-0.2, 0) is 9.59 Å². The van der Waals surface area contributed by atoms with E-state index < -0.39 is 11.8 Å². The van der Waals surface area contributed by atoms with Gasteiger partial charge < -0.3 is 4.90 Å². The number of unbranched alkanes of at least 4 members (excludes halogenated alkanes) is 4. The first-order valence-corrected chi connectivity index (χ1v) is 12.7. The van der Waals surface area contributed by atoms with Crippen LogP contribution in [0.2, 0.25) is 0 Å². The van der Waals surface area contributed by atoms with Crippen molar-refractivity contribution in [3.8, 4) is 0 Å². The predicted molar refractivity (Wildman–Crippen MR) is 140 cm³/mol. The van der Waals surface area contributed by atoms with E-state index in [1.54, 1.807) is 17.0 Å². The van der Waals surface area contributed by atoms with Gasteiger partial charge in [-0.1, -0.05) is 80.3 Å². The van der Waals surface area contributed by atoms with Crippen LogP contribution in [0.15, 0.2) is 53.4 Å². The molecule has 0 bridgehead atoms. The zero-order valence-corrected chi connectivity index (χ0v) is 20.9. The van der Waals surface area contributed by atoms with E-state index in [0.717, 1.165) is 59.3 Å². The van der Waals surface area contributed by atoms with Gasteiger partial charge in [0.15, 0.2) is 4.32 Å². The molecule has 0 aliphatic carbocycles. The van der Waals surface area contributed by atoms with Crippen LogP contribution in [0.3, 0.4) is 0 Å². The van der Waals surface area contributed by atoms with Gasteiger partial charge in [0.2, 0.25) is 0 Å². The Morgan fingerprint density at radius 1 is 0.971 bits per heavy atom. The van der Waals surface area contributed by atoms with E-state index in [9.17, 15) is 14.4 Å². The molecule has 2 aliphatic rings. The zero-order valence-electron chi connectivity index (χ0n) is 19.3. The van der Waals surface area contributed by atoms with Crippen LogP contribution in [-0.4, -0.2) is 33.6 Å². The van der Waals surface area contributed by atoms with Gasteiger partial charge >= 0.3 is 0 Å². The third-order valence-electron chi connectivity index (χ3n) is 5.93. The predicted octanol–water partition coefficient (Wildman–Crippen LogP) is 5.23. The normalized spacial score (nSPS) is 17.5. The Bertz CT molecular complexity index is 1170. The number of thioether (sulfide) groups is 1. The van der Waals surface area contributed by atoms with Crippen molar-refractivity contribution in [3.05, 3.63) is 70.1 Å². The summed E-state index contributed by atoms with van der Waals surface area (Å²) >= 11 is 6.44. The van der Waals surface area contributed by atoms with Gasteiger partial charge in [0.1, 0.15) is 0 Å². The lowest BCUT2D eigenvalue weighted by Crippen LogP contribution is -2.45. The summed E-state index contributed by atoms with van der Waals surface area (Å²) in [5.74, 6) is -1.12. The molecule has 2 heterocycles. The molecular formula is C26H27N3O3S2. The SMILES string of the molecule is CCCCCCCN1C(=O)C(=C2SC(=S)N(NC(=O)c3ccc(C)cc3)C2=O)c2ccccc21. The summed E-state index contributed by atoms with van der Waals surface area (Å²) in [4.78, 5) is 41.4. The molecule has 176 valence electrons. The summed E-state index contributed by atoms with van der Waals surface area (Å²) < 4.78 is 0.191. The molecule has 34 heavy (non-hydrogen) atoms. The standard InChI is InChI=1S/C26H27N3O3S2/c1-3-4-5-6-9-16-28-20-11-8-7-10-19(20)21(24(28)31)22-25(32)29(26(33)34-22)27-23(30)18-14-12-17(2)13-15-18/h7-8,10-15H,3-6,9,16H2,1-2H3,(H,27,30).